The van der Waals surface area contributed by atoms with Crippen molar-refractivity contribution in [2.75, 3.05) is 12.0 Å². The van der Waals surface area contributed by atoms with Gasteiger partial charge in [0.05, 0.1) is 0 Å². The molecule has 5 heteroatoms. The van der Waals surface area contributed by atoms with Crippen molar-refractivity contribution in [3.05, 3.63) is 72.3 Å². The maximum Gasteiger partial charge on any atom is 0.226 e. The fourth-order valence-corrected chi connectivity index (χ4v) is 2.16. The number of ether oxygens (including phenoxy) is 1. The Balaban J connectivity index is 1.99. The van der Waals surface area contributed by atoms with E-state index in [1.807, 2.05) is 60.7 Å². The van der Waals surface area contributed by atoms with Gasteiger partial charge in [-0.05, 0) is 17.7 Å². The van der Waals surface area contributed by atoms with Gasteiger partial charge in [0.25, 0.3) is 0 Å². The maximum atomic E-state index is 5.96. The quantitative estimate of drug-likeness (QED) is 0.614. The minimum Gasteiger partial charge on any atom is -0.363 e. The molecule has 20 heavy (non-hydrogen) atoms. The van der Waals surface area contributed by atoms with Crippen LogP contribution in [0.1, 0.15) is 5.56 Å². The summed E-state index contributed by atoms with van der Waals surface area (Å²) in [6, 6.07) is 18.9. The van der Waals surface area contributed by atoms with Gasteiger partial charge in [-0.1, -0.05) is 83.3 Å². The van der Waals surface area contributed by atoms with Crippen LogP contribution in [0, 0.1) is 6.10 Å². The first-order valence-electron chi connectivity index (χ1n) is 5.98. The Bertz CT molecular complexity index is 514. The van der Waals surface area contributed by atoms with Crippen molar-refractivity contribution in [3.8, 4) is 0 Å². The van der Waals surface area contributed by atoms with E-state index < -0.39 is 3.79 Å². The molecule has 1 radical (unpaired) electrons. The van der Waals surface area contributed by atoms with E-state index in [-0.39, 0.29) is 6.73 Å². The predicted molar refractivity (Wildman–Crippen MR) is 85.1 cm³/mol. The third kappa shape index (κ3) is 4.57. The van der Waals surface area contributed by atoms with E-state index in [2.05, 4.69) is 5.32 Å². The van der Waals surface area contributed by atoms with Crippen molar-refractivity contribution < 1.29 is 4.74 Å². The molecule has 0 bridgehead atoms. The highest BCUT2D eigenvalue weighted by atomic mass is 35.6. The summed E-state index contributed by atoms with van der Waals surface area (Å²) in [5.41, 5.74) is 1.67. The van der Waals surface area contributed by atoms with Crippen LogP contribution in [-0.2, 0) is 4.74 Å². The number of halogens is 3. The average molecular weight is 330 g/mol. The van der Waals surface area contributed by atoms with Gasteiger partial charge in [-0.3, -0.25) is 0 Å². The van der Waals surface area contributed by atoms with Crippen molar-refractivity contribution in [1.82, 2.24) is 0 Å². The Kier molecular flexibility index (Phi) is 5.55. The van der Waals surface area contributed by atoms with Crippen molar-refractivity contribution in [3.63, 3.8) is 0 Å². The average Bonchev–Trinajstić information content (AvgIpc) is 2.44. The van der Waals surface area contributed by atoms with Crippen LogP contribution in [0.2, 0.25) is 0 Å². The highest BCUT2D eigenvalue weighted by Crippen LogP contribution is 2.41. The molecule has 2 aromatic carbocycles. The van der Waals surface area contributed by atoms with Crippen LogP contribution in [0.3, 0.4) is 0 Å². The van der Waals surface area contributed by atoms with E-state index in [9.17, 15) is 0 Å². The lowest BCUT2D eigenvalue weighted by Crippen LogP contribution is -2.24. The zero-order valence-corrected chi connectivity index (χ0v) is 12.8. The number of benzene rings is 2. The smallest absolute Gasteiger partial charge is 0.226 e. The number of rotatable bonds is 5. The van der Waals surface area contributed by atoms with Gasteiger partial charge in [0, 0.05) is 5.69 Å². The van der Waals surface area contributed by atoms with Crippen molar-refractivity contribution in [1.29, 1.82) is 0 Å². The molecule has 1 N–H and O–H groups in total. The van der Waals surface area contributed by atoms with Gasteiger partial charge in [-0.2, -0.15) is 0 Å². The van der Waals surface area contributed by atoms with E-state index in [0.29, 0.717) is 6.10 Å². The second-order valence-corrected chi connectivity index (χ2v) is 6.31. The Labute approximate surface area is 133 Å². The Hall–Kier alpha value is -0.930. The number of para-hydroxylation sites is 1. The number of nitrogens with one attached hydrogen (secondary N) is 1. The monoisotopic (exact) mass is 328 g/mol. The van der Waals surface area contributed by atoms with Crippen LogP contribution in [-0.4, -0.2) is 10.5 Å². The lowest BCUT2D eigenvalue weighted by Gasteiger charge is -2.24. The lowest BCUT2D eigenvalue weighted by molar-refractivity contribution is 0.178. The summed E-state index contributed by atoms with van der Waals surface area (Å²) < 4.78 is 3.99. The minimum absolute atomic E-state index is 0.210. The molecule has 0 heterocycles. The van der Waals surface area contributed by atoms with E-state index in [4.69, 9.17) is 39.5 Å². The SMILES string of the molecule is ClC(Cl)(Cl)[C](OCNc1ccccc1)c1ccccc1. The summed E-state index contributed by atoms with van der Waals surface area (Å²) in [6.45, 7) is 0.210. The normalized spacial score (nSPS) is 11.6. The third-order valence-electron chi connectivity index (χ3n) is 2.56. The standard InChI is InChI=1S/C15H13Cl3NO/c16-15(17,18)14(12-7-3-1-4-8-12)20-11-19-13-9-5-2-6-10-13/h1-10,19H,11H2. The van der Waals surface area contributed by atoms with Crippen LogP contribution in [0.25, 0.3) is 0 Å². The first kappa shape index (κ1) is 15.5. The molecule has 0 aliphatic carbocycles. The van der Waals surface area contributed by atoms with Gasteiger partial charge in [0.15, 0.2) is 6.10 Å². The number of alkyl halides is 3. The molecule has 0 aliphatic rings. The van der Waals surface area contributed by atoms with E-state index >= 15 is 0 Å². The summed E-state index contributed by atoms with van der Waals surface area (Å²) in [7, 11) is 0. The van der Waals surface area contributed by atoms with E-state index in [1.165, 1.54) is 0 Å². The van der Waals surface area contributed by atoms with Gasteiger partial charge < -0.3 is 10.1 Å². The molecule has 0 aliphatic heterocycles. The molecule has 0 saturated heterocycles. The third-order valence-corrected chi connectivity index (χ3v) is 3.07. The summed E-state index contributed by atoms with van der Waals surface area (Å²) in [5.74, 6) is 0. The number of anilines is 1. The molecule has 0 atom stereocenters. The molecule has 0 spiro atoms. The fraction of sp³-hybridized carbons (Fsp3) is 0.133. The molecular weight excluding hydrogens is 317 g/mol. The van der Waals surface area contributed by atoms with Crippen LogP contribution in [0.4, 0.5) is 5.69 Å². The highest BCUT2D eigenvalue weighted by Gasteiger charge is 2.36. The van der Waals surface area contributed by atoms with Crippen LogP contribution < -0.4 is 5.32 Å². The van der Waals surface area contributed by atoms with Crippen molar-refractivity contribution in [2.24, 2.45) is 0 Å². The Morgan fingerprint density at radius 3 is 2.00 bits per heavy atom. The molecular formula is C15H13Cl3NO. The lowest BCUT2D eigenvalue weighted by atomic mass is 10.1. The van der Waals surface area contributed by atoms with Crippen molar-refractivity contribution in [2.45, 2.75) is 3.79 Å². The molecule has 0 amide bonds. The first-order chi connectivity index (χ1) is 9.57. The molecule has 0 saturated carbocycles. The second kappa shape index (κ2) is 7.19. The first-order valence-corrected chi connectivity index (χ1v) is 7.12. The van der Waals surface area contributed by atoms with Gasteiger partial charge in [-0.25, -0.2) is 0 Å². The fourth-order valence-electron chi connectivity index (χ4n) is 1.67. The summed E-state index contributed by atoms with van der Waals surface area (Å²) >= 11 is 17.9. The van der Waals surface area contributed by atoms with Gasteiger partial charge in [-0.15, -0.1) is 0 Å². The Morgan fingerprint density at radius 2 is 1.45 bits per heavy atom. The molecule has 2 aromatic rings. The van der Waals surface area contributed by atoms with Crippen LogP contribution in [0.15, 0.2) is 60.7 Å². The molecule has 0 aromatic heterocycles. The summed E-state index contributed by atoms with van der Waals surface area (Å²) in [4.78, 5) is 0. The maximum absolute atomic E-state index is 5.96. The summed E-state index contributed by atoms with van der Waals surface area (Å²) in [5, 5.41) is 3.10. The largest absolute Gasteiger partial charge is 0.363 e. The van der Waals surface area contributed by atoms with Crippen molar-refractivity contribution >= 4 is 40.5 Å². The number of hydrogen-bond acceptors (Lipinski definition) is 2. The van der Waals surface area contributed by atoms with E-state index in [1.54, 1.807) is 0 Å². The predicted octanol–water partition coefficient (Wildman–Crippen LogP) is 5.02. The highest BCUT2D eigenvalue weighted by molar-refractivity contribution is 6.69. The van der Waals surface area contributed by atoms with Gasteiger partial charge in [0.2, 0.25) is 3.79 Å². The minimum atomic E-state index is -1.61. The molecule has 105 valence electrons. The number of hydrogen-bond donors (Lipinski definition) is 1. The second-order valence-electron chi connectivity index (χ2n) is 4.02. The Morgan fingerprint density at radius 1 is 0.900 bits per heavy atom. The molecule has 2 rings (SSSR count). The topological polar surface area (TPSA) is 21.3 Å². The molecule has 0 fully saturated rings. The molecule has 0 unspecified atom stereocenters. The zero-order valence-electron chi connectivity index (χ0n) is 10.5. The summed E-state index contributed by atoms with van der Waals surface area (Å²) in [6.07, 6.45) is 0.298. The van der Waals surface area contributed by atoms with Gasteiger partial charge in [0.1, 0.15) is 6.73 Å². The zero-order chi connectivity index (χ0) is 14.4. The van der Waals surface area contributed by atoms with Gasteiger partial charge >= 0.3 is 0 Å². The van der Waals surface area contributed by atoms with Crippen LogP contribution in [0.5, 0.6) is 0 Å². The molecule has 2 nitrogen and oxygen atoms in total. The van der Waals surface area contributed by atoms with Crippen LogP contribution >= 0.6 is 34.8 Å². The van der Waals surface area contributed by atoms with E-state index in [0.717, 1.165) is 11.3 Å².